The number of anilines is 1. The number of nitrogens with one attached hydrogen (secondary N) is 2. The molecular weight excluding hydrogens is 492 g/mol. The van der Waals surface area contributed by atoms with Gasteiger partial charge in [0.05, 0.1) is 12.2 Å². The summed E-state index contributed by atoms with van der Waals surface area (Å²) in [5.41, 5.74) is 7.45. The zero-order chi connectivity index (χ0) is 27.6. The number of aliphatic hydroxyl groups is 1. The maximum Gasteiger partial charge on any atom is 0.323 e. The predicted octanol–water partition coefficient (Wildman–Crippen LogP) is 4.65. The molecule has 0 saturated heterocycles. The quantitative estimate of drug-likeness (QED) is 0.212. The minimum absolute atomic E-state index is 0.180. The van der Waals surface area contributed by atoms with Crippen molar-refractivity contribution < 1.29 is 19.7 Å². The number of aromatic nitrogens is 1. The number of ether oxygens (including phenoxy) is 1. The van der Waals surface area contributed by atoms with E-state index in [0.29, 0.717) is 17.9 Å². The molecule has 0 saturated carbocycles. The number of nitriles is 1. The largest absolute Gasteiger partial charge is 0.488 e. The molecule has 4 rings (SSSR count). The molecule has 0 radical (unpaired) electrons. The highest BCUT2D eigenvalue weighted by Gasteiger charge is 2.17. The number of pyridine rings is 1. The second-order valence-electron chi connectivity index (χ2n) is 9.07. The van der Waals surface area contributed by atoms with Crippen LogP contribution in [0.25, 0.3) is 11.1 Å². The average molecular weight is 523 g/mol. The van der Waals surface area contributed by atoms with Gasteiger partial charge < -0.3 is 20.3 Å². The lowest BCUT2D eigenvalue weighted by atomic mass is 9.96. The molecule has 0 aliphatic carbocycles. The Hall–Kier alpha value is -4.71. The standard InChI is InChI=1S/C31H30N4O4/c1-21-25(8-5-9-28(21)24-6-3-2-4-7-24)17-34-27-11-10-26(18-35-29(19-36)31(37)38)30(13-27)39-20-23-12-22(14-32)15-33-16-23/h2-13,15-16,29,34-36H,17-20H2,1H3,(H,37,38)/t29-/m1/s1. The van der Waals surface area contributed by atoms with Gasteiger partial charge in [-0.3, -0.25) is 15.1 Å². The molecule has 0 unspecified atom stereocenters. The Labute approximate surface area is 227 Å². The van der Waals surface area contributed by atoms with Crippen LogP contribution < -0.4 is 15.4 Å². The van der Waals surface area contributed by atoms with Crippen LogP contribution in [0, 0.1) is 18.3 Å². The molecule has 39 heavy (non-hydrogen) atoms. The van der Waals surface area contributed by atoms with E-state index in [0.717, 1.165) is 22.4 Å². The molecule has 1 aromatic heterocycles. The third-order valence-electron chi connectivity index (χ3n) is 6.42. The summed E-state index contributed by atoms with van der Waals surface area (Å²) in [4.78, 5) is 15.4. The first-order valence-corrected chi connectivity index (χ1v) is 12.5. The number of nitrogens with zero attached hydrogens (tertiary/aromatic N) is 2. The molecule has 0 spiro atoms. The van der Waals surface area contributed by atoms with Gasteiger partial charge in [-0.25, -0.2) is 0 Å². The number of rotatable bonds is 12. The number of benzene rings is 3. The lowest BCUT2D eigenvalue weighted by Crippen LogP contribution is -2.39. The number of hydrogen-bond acceptors (Lipinski definition) is 7. The SMILES string of the molecule is Cc1c(CNc2ccc(CN[C@H](CO)C(=O)O)c(OCc3cncc(C#N)c3)c2)cccc1-c1ccccc1. The first-order chi connectivity index (χ1) is 19.0. The molecule has 0 amide bonds. The Bertz CT molecular complexity index is 1470. The highest BCUT2D eigenvalue weighted by atomic mass is 16.5. The van der Waals surface area contributed by atoms with Crippen molar-refractivity contribution in [3.8, 4) is 22.9 Å². The Kier molecular flexibility index (Phi) is 9.25. The monoisotopic (exact) mass is 522 g/mol. The summed E-state index contributed by atoms with van der Waals surface area (Å²) in [5, 5.41) is 34.1. The van der Waals surface area contributed by atoms with Crippen molar-refractivity contribution in [3.63, 3.8) is 0 Å². The van der Waals surface area contributed by atoms with Gasteiger partial charge in [0, 0.05) is 48.4 Å². The molecule has 4 N–H and O–H groups in total. The average Bonchev–Trinajstić information content (AvgIpc) is 2.97. The zero-order valence-corrected chi connectivity index (χ0v) is 21.6. The van der Waals surface area contributed by atoms with Gasteiger partial charge in [0.25, 0.3) is 0 Å². The highest BCUT2D eigenvalue weighted by Crippen LogP contribution is 2.28. The molecule has 1 heterocycles. The molecule has 4 aromatic rings. The van der Waals surface area contributed by atoms with Crippen LogP contribution in [0.3, 0.4) is 0 Å². The molecule has 0 aliphatic rings. The first kappa shape index (κ1) is 27.3. The Morgan fingerprint density at radius 3 is 2.59 bits per heavy atom. The van der Waals surface area contributed by atoms with Gasteiger partial charge >= 0.3 is 5.97 Å². The summed E-state index contributed by atoms with van der Waals surface area (Å²) in [6, 6.07) is 24.9. The van der Waals surface area contributed by atoms with Crippen LogP contribution in [-0.2, 0) is 24.5 Å². The third-order valence-corrected chi connectivity index (χ3v) is 6.42. The molecule has 8 nitrogen and oxygen atoms in total. The smallest absolute Gasteiger partial charge is 0.323 e. The van der Waals surface area contributed by atoms with Crippen molar-refractivity contribution in [2.24, 2.45) is 0 Å². The van der Waals surface area contributed by atoms with Crippen molar-refractivity contribution in [1.29, 1.82) is 5.26 Å². The van der Waals surface area contributed by atoms with E-state index in [1.807, 2.05) is 36.4 Å². The van der Waals surface area contributed by atoms with Gasteiger partial charge in [0.1, 0.15) is 24.5 Å². The molecule has 3 aromatic carbocycles. The van der Waals surface area contributed by atoms with Crippen LogP contribution >= 0.6 is 0 Å². The second-order valence-corrected chi connectivity index (χ2v) is 9.07. The molecule has 198 valence electrons. The second kappa shape index (κ2) is 13.2. The van der Waals surface area contributed by atoms with E-state index in [2.05, 4.69) is 58.9 Å². The Balaban J connectivity index is 1.53. The summed E-state index contributed by atoms with van der Waals surface area (Å²) < 4.78 is 6.10. The normalized spacial score (nSPS) is 11.4. The van der Waals surface area contributed by atoms with Gasteiger partial charge in [0.2, 0.25) is 0 Å². The zero-order valence-electron chi connectivity index (χ0n) is 21.6. The van der Waals surface area contributed by atoms with Gasteiger partial charge in [0.15, 0.2) is 0 Å². The lowest BCUT2D eigenvalue weighted by Gasteiger charge is -2.17. The van der Waals surface area contributed by atoms with Gasteiger partial charge in [-0.2, -0.15) is 5.26 Å². The molecule has 0 aliphatic heterocycles. The van der Waals surface area contributed by atoms with E-state index in [9.17, 15) is 15.0 Å². The molecule has 1 atom stereocenters. The topological polar surface area (TPSA) is 128 Å². The van der Waals surface area contributed by atoms with Crippen molar-refractivity contribution >= 4 is 11.7 Å². The van der Waals surface area contributed by atoms with Crippen LogP contribution in [0.5, 0.6) is 5.75 Å². The molecule has 0 bridgehead atoms. The van der Waals surface area contributed by atoms with E-state index in [4.69, 9.17) is 10.00 Å². The van der Waals surface area contributed by atoms with Gasteiger partial charge in [-0.15, -0.1) is 0 Å². The molecule has 8 heteroatoms. The van der Waals surface area contributed by atoms with E-state index in [1.165, 1.54) is 22.9 Å². The highest BCUT2D eigenvalue weighted by molar-refractivity contribution is 5.73. The van der Waals surface area contributed by atoms with E-state index in [1.54, 1.807) is 12.3 Å². The number of aliphatic carboxylic acids is 1. The fourth-order valence-corrected chi connectivity index (χ4v) is 4.20. The minimum Gasteiger partial charge on any atom is -0.488 e. The fourth-order valence-electron chi connectivity index (χ4n) is 4.20. The van der Waals surface area contributed by atoms with E-state index >= 15 is 0 Å². The van der Waals surface area contributed by atoms with Crippen LogP contribution in [0.4, 0.5) is 5.69 Å². The van der Waals surface area contributed by atoms with Crippen molar-refractivity contribution in [3.05, 3.63) is 113 Å². The van der Waals surface area contributed by atoms with Crippen molar-refractivity contribution in [2.75, 3.05) is 11.9 Å². The Morgan fingerprint density at radius 1 is 1.03 bits per heavy atom. The van der Waals surface area contributed by atoms with Crippen LogP contribution in [0.15, 0.2) is 85.2 Å². The van der Waals surface area contributed by atoms with Crippen molar-refractivity contribution in [1.82, 2.24) is 10.3 Å². The summed E-state index contributed by atoms with van der Waals surface area (Å²) in [6.45, 7) is 2.55. The molecular formula is C31H30N4O4. The number of carboxylic acids is 1. The number of hydrogen-bond donors (Lipinski definition) is 4. The summed E-state index contributed by atoms with van der Waals surface area (Å²) in [5.74, 6) is -0.586. The number of carbonyl (C=O) groups is 1. The lowest BCUT2D eigenvalue weighted by molar-refractivity contribution is -0.140. The van der Waals surface area contributed by atoms with Crippen molar-refractivity contribution in [2.45, 2.75) is 32.7 Å². The Morgan fingerprint density at radius 2 is 1.85 bits per heavy atom. The molecule has 0 fully saturated rings. The maximum atomic E-state index is 11.3. The van der Waals surface area contributed by atoms with Gasteiger partial charge in [-0.05, 0) is 41.3 Å². The van der Waals surface area contributed by atoms with Gasteiger partial charge in [-0.1, -0.05) is 54.6 Å². The summed E-state index contributed by atoms with van der Waals surface area (Å²) in [7, 11) is 0. The van der Waals surface area contributed by atoms with Crippen LogP contribution in [0.2, 0.25) is 0 Å². The van der Waals surface area contributed by atoms with Crippen LogP contribution in [0.1, 0.15) is 27.8 Å². The first-order valence-electron chi connectivity index (χ1n) is 12.5. The maximum absolute atomic E-state index is 11.3. The summed E-state index contributed by atoms with van der Waals surface area (Å²) in [6.07, 6.45) is 3.12. The number of aliphatic hydroxyl groups excluding tert-OH is 1. The third kappa shape index (κ3) is 7.20. The summed E-state index contributed by atoms with van der Waals surface area (Å²) >= 11 is 0. The predicted molar refractivity (Wildman–Crippen MR) is 149 cm³/mol. The van der Waals surface area contributed by atoms with E-state index in [-0.39, 0.29) is 13.2 Å². The number of carboxylic acid groups (broad SMARTS) is 1. The van der Waals surface area contributed by atoms with Crippen LogP contribution in [-0.4, -0.2) is 33.8 Å². The fraction of sp³-hybridized carbons (Fsp3) is 0.194. The van der Waals surface area contributed by atoms with E-state index < -0.39 is 18.6 Å². The minimum atomic E-state index is -1.13.